The molecule has 0 bridgehead atoms. The molecule has 24 heavy (non-hydrogen) atoms. The molecule has 2 heterocycles. The first kappa shape index (κ1) is 16.0. The molecule has 2 amide bonds. The molecule has 1 aromatic heterocycles. The minimum Gasteiger partial charge on any atom is -0.374 e. The van der Waals surface area contributed by atoms with E-state index in [2.05, 4.69) is 11.4 Å². The summed E-state index contributed by atoms with van der Waals surface area (Å²) in [6.07, 6.45) is 0.651. The average Bonchev–Trinajstić information content (AvgIpc) is 3.14. The van der Waals surface area contributed by atoms with Gasteiger partial charge in [-0.05, 0) is 48.6 Å². The van der Waals surface area contributed by atoms with E-state index in [9.17, 15) is 9.59 Å². The normalized spacial score (nSPS) is 16.9. The number of amides is 2. The number of anilines is 2. The van der Waals surface area contributed by atoms with Crippen LogP contribution in [0, 0.1) is 18.3 Å². The number of hydrogen-bond acceptors (Lipinski definition) is 5. The van der Waals surface area contributed by atoms with E-state index in [1.165, 1.54) is 11.3 Å². The molecular weight excluding hydrogens is 324 g/mol. The van der Waals surface area contributed by atoms with E-state index in [1.54, 1.807) is 30.0 Å². The van der Waals surface area contributed by atoms with E-state index in [0.717, 1.165) is 11.3 Å². The van der Waals surface area contributed by atoms with Gasteiger partial charge in [0.2, 0.25) is 11.8 Å². The molecule has 1 saturated heterocycles. The highest BCUT2D eigenvalue weighted by atomic mass is 32.1. The van der Waals surface area contributed by atoms with Crippen LogP contribution in [0.3, 0.4) is 0 Å². The fourth-order valence-corrected chi connectivity index (χ4v) is 3.72. The maximum absolute atomic E-state index is 12.6. The number of primary amides is 1. The number of thiophene rings is 1. The minimum atomic E-state index is -0.469. The van der Waals surface area contributed by atoms with Gasteiger partial charge in [0.15, 0.2) is 0 Å². The van der Waals surface area contributed by atoms with Crippen LogP contribution in [0.25, 0.3) is 0 Å². The topological polar surface area (TPSA) is 99.2 Å². The molecule has 3 N–H and O–H groups in total. The van der Waals surface area contributed by atoms with Gasteiger partial charge in [0.1, 0.15) is 17.1 Å². The SMILES string of the molecule is Cc1cc(N[C@@H]2CCN(c3sccc3C#N)C2=O)ccc1C(N)=O. The fraction of sp³-hybridized carbons (Fsp3) is 0.235. The lowest BCUT2D eigenvalue weighted by Gasteiger charge is -2.17. The fourth-order valence-electron chi connectivity index (χ4n) is 2.84. The van der Waals surface area contributed by atoms with Crippen molar-refractivity contribution in [3.8, 4) is 6.07 Å². The Morgan fingerprint density at radius 3 is 2.92 bits per heavy atom. The van der Waals surface area contributed by atoms with Crippen molar-refractivity contribution in [2.75, 3.05) is 16.8 Å². The van der Waals surface area contributed by atoms with Gasteiger partial charge >= 0.3 is 0 Å². The van der Waals surface area contributed by atoms with E-state index < -0.39 is 5.91 Å². The number of nitriles is 1. The van der Waals surface area contributed by atoms with Crippen LogP contribution in [0.4, 0.5) is 10.7 Å². The molecule has 0 spiro atoms. The number of nitrogens with two attached hydrogens (primary N) is 1. The van der Waals surface area contributed by atoms with Crippen LogP contribution < -0.4 is 16.0 Å². The molecule has 1 atom stereocenters. The summed E-state index contributed by atoms with van der Waals surface area (Å²) < 4.78 is 0. The third kappa shape index (κ3) is 2.84. The maximum Gasteiger partial charge on any atom is 0.250 e. The second-order valence-electron chi connectivity index (χ2n) is 5.62. The van der Waals surface area contributed by atoms with Gasteiger partial charge in [-0.2, -0.15) is 5.26 Å². The first-order valence-corrected chi connectivity index (χ1v) is 8.35. The standard InChI is InChI=1S/C17H16N4O2S/c1-10-8-12(2-3-13(10)15(19)22)20-14-4-6-21(16(14)23)17-11(9-18)5-7-24-17/h2-3,5,7-8,14,20H,4,6H2,1H3,(H2,19,22)/t14-/m1/s1. The predicted octanol–water partition coefficient (Wildman–Crippen LogP) is 2.24. The number of benzene rings is 1. The average molecular weight is 340 g/mol. The van der Waals surface area contributed by atoms with E-state index in [0.29, 0.717) is 29.1 Å². The molecule has 1 aliphatic rings. The van der Waals surface area contributed by atoms with E-state index in [1.807, 2.05) is 11.4 Å². The Bertz CT molecular complexity index is 853. The summed E-state index contributed by atoms with van der Waals surface area (Å²) in [5, 5.41) is 14.8. The van der Waals surface area contributed by atoms with Crippen molar-refractivity contribution in [1.29, 1.82) is 5.26 Å². The molecule has 122 valence electrons. The molecule has 2 aromatic rings. The van der Waals surface area contributed by atoms with E-state index in [-0.39, 0.29) is 11.9 Å². The van der Waals surface area contributed by atoms with Crippen molar-refractivity contribution in [1.82, 2.24) is 0 Å². The van der Waals surface area contributed by atoms with Crippen LogP contribution in [-0.4, -0.2) is 24.4 Å². The first-order valence-electron chi connectivity index (χ1n) is 7.47. The Balaban J connectivity index is 1.76. The van der Waals surface area contributed by atoms with Crippen molar-refractivity contribution in [3.63, 3.8) is 0 Å². The monoisotopic (exact) mass is 340 g/mol. The Labute approximate surface area is 143 Å². The molecule has 7 heteroatoms. The molecule has 0 saturated carbocycles. The highest BCUT2D eigenvalue weighted by Crippen LogP contribution is 2.31. The number of hydrogen-bond donors (Lipinski definition) is 2. The molecule has 1 fully saturated rings. The Morgan fingerprint density at radius 1 is 1.46 bits per heavy atom. The second kappa shape index (κ2) is 6.34. The van der Waals surface area contributed by atoms with Gasteiger partial charge in [0.25, 0.3) is 0 Å². The quantitative estimate of drug-likeness (QED) is 0.891. The lowest BCUT2D eigenvalue weighted by Crippen LogP contribution is -2.33. The third-order valence-corrected chi connectivity index (χ3v) is 4.98. The lowest BCUT2D eigenvalue weighted by molar-refractivity contribution is -0.117. The van der Waals surface area contributed by atoms with Crippen molar-refractivity contribution < 1.29 is 9.59 Å². The highest BCUT2D eigenvalue weighted by Gasteiger charge is 2.34. The lowest BCUT2D eigenvalue weighted by atomic mass is 10.1. The molecule has 1 aliphatic heterocycles. The van der Waals surface area contributed by atoms with E-state index >= 15 is 0 Å². The zero-order valence-corrected chi connectivity index (χ0v) is 13.9. The molecule has 0 radical (unpaired) electrons. The summed E-state index contributed by atoms with van der Waals surface area (Å²) in [7, 11) is 0. The van der Waals surface area contributed by atoms with Crippen LogP contribution in [0.5, 0.6) is 0 Å². The van der Waals surface area contributed by atoms with Crippen molar-refractivity contribution >= 4 is 33.8 Å². The zero-order chi connectivity index (χ0) is 17.3. The predicted molar refractivity (Wildman–Crippen MR) is 93.1 cm³/mol. The number of carbonyl (C=O) groups is 2. The largest absolute Gasteiger partial charge is 0.374 e. The summed E-state index contributed by atoms with van der Waals surface area (Å²) >= 11 is 1.39. The number of aryl methyl sites for hydroxylation is 1. The summed E-state index contributed by atoms with van der Waals surface area (Å²) in [4.78, 5) is 25.6. The third-order valence-electron chi connectivity index (χ3n) is 4.05. The van der Waals surface area contributed by atoms with Crippen molar-refractivity contribution in [2.24, 2.45) is 5.73 Å². The van der Waals surface area contributed by atoms with Gasteiger partial charge in [0.05, 0.1) is 5.56 Å². The first-order chi connectivity index (χ1) is 11.5. The molecule has 6 nitrogen and oxygen atoms in total. The molecule has 1 aromatic carbocycles. The Morgan fingerprint density at radius 2 is 2.25 bits per heavy atom. The summed E-state index contributed by atoms with van der Waals surface area (Å²) in [6, 6.07) is 8.70. The minimum absolute atomic E-state index is 0.0504. The van der Waals surface area contributed by atoms with Gasteiger partial charge in [-0.25, -0.2) is 0 Å². The second-order valence-corrected chi connectivity index (χ2v) is 6.52. The summed E-state index contributed by atoms with van der Waals surface area (Å²) in [6.45, 7) is 2.38. The maximum atomic E-state index is 12.6. The zero-order valence-electron chi connectivity index (χ0n) is 13.1. The van der Waals surface area contributed by atoms with Gasteiger partial charge in [-0.15, -0.1) is 11.3 Å². The molecule has 3 rings (SSSR count). The molecule has 0 unspecified atom stereocenters. The summed E-state index contributed by atoms with van der Waals surface area (Å²) in [5.74, 6) is -0.519. The Kier molecular flexibility index (Phi) is 4.23. The highest BCUT2D eigenvalue weighted by molar-refractivity contribution is 7.14. The van der Waals surface area contributed by atoms with Crippen LogP contribution in [0.15, 0.2) is 29.6 Å². The van der Waals surface area contributed by atoms with Gasteiger partial charge in [-0.1, -0.05) is 0 Å². The van der Waals surface area contributed by atoms with Gasteiger partial charge < -0.3 is 16.0 Å². The number of nitrogens with zero attached hydrogens (tertiary/aromatic N) is 2. The van der Waals surface area contributed by atoms with Crippen LogP contribution in [-0.2, 0) is 4.79 Å². The van der Waals surface area contributed by atoms with E-state index in [4.69, 9.17) is 11.0 Å². The molecular formula is C17H16N4O2S. The number of nitrogens with one attached hydrogen (secondary N) is 1. The van der Waals surface area contributed by atoms with Crippen molar-refractivity contribution in [3.05, 3.63) is 46.3 Å². The smallest absolute Gasteiger partial charge is 0.250 e. The van der Waals surface area contributed by atoms with Gasteiger partial charge in [-0.3, -0.25) is 9.59 Å². The van der Waals surface area contributed by atoms with Gasteiger partial charge in [0, 0.05) is 17.8 Å². The Hall–Kier alpha value is -2.85. The number of carbonyl (C=O) groups excluding carboxylic acids is 2. The van der Waals surface area contributed by atoms with Crippen molar-refractivity contribution in [2.45, 2.75) is 19.4 Å². The van der Waals surface area contributed by atoms with Crippen LogP contribution in [0.1, 0.15) is 27.9 Å². The summed E-state index contributed by atoms with van der Waals surface area (Å²) in [5.41, 5.74) is 7.83. The number of rotatable bonds is 4. The van der Waals surface area contributed by atoms with Crippen LogP contribution in [0.2, 0.25) is 0 Å². The molecule has 0 aliphatic carbocycles. The van der Waals surface area contributed by atoms with Crippen LogP contribution >= 0.6 is 11.3 Å².